The van der Waals surface area contributed by atoms with Crippen LogP contribution in [0.1, 0.15) is 27.0 Å². The highest BCUT2D eigenvalue weighted by atomic mass is 19.1. The van der Waals surface area contributed by atoms with E-state index in [9.17, 15) is 18.0 Å². The van der Waals surface area contributed by atoms with E-state index in [1.54, 1.807) is 32.0 Å². The number of halogens is 3. The third kappa shape index (κ3) is 2.52. The van der Waals surface area contributed by atoms with Gasteiger partial charge in [-0.15, -0.1) is 0 Å². The summed E-state index contributed by atoms with van der Waals surface area (Å²) in [6.07, 6.45) is 0. The maximum atomic E-state index is 13.6. The first-order valence-electron chi connectivity index (χ1n) is 5.66. The fraction of sp³-hybridized carbons (Fsp3) is 0.133. The first-order chi connectivity index (χ1) is 8.90. The molecule has 0 saturated carbocycles. The number of carbonyl (C=O) groups excluding carboxylic acids is 1. The minimum Gasteiger partial charge on any atom is -0.288 e. The quantitative estimate of drug-likeness (QED) is 0.750. The molecule has 2 rings (SSSR count). The Hall–Kier alpha value is -2.10. The van der Waals surface area contributed by atoms with Crippen LogP contribution >= 0.6 is 0 Å². The van der Waals surface area contributed by atoms with Crippen LogP contribution in [0.15, 0.2) is 30.3 Å². The summed E-state index contributed by atoms with van der Waals surface area (Å²) in [5, 5.41) is 0. The lowest BCUT2D eigenvalue weighted by Crippen LogP contribution is -2.10. The van der Waals surface area contributed by atoms with Crippen molar-refractivity contribution < 1.29 is 18.0 Å². The predicted molar refractivity (Wildman–Crippen MR) is 65.7 cm³/mol. The van der Waals surface area contributed by atoms with Crippen molar-refractivity contribution in [3.05, 3.63) is 70.0 Å². The zero-order chi connectivity index (χ0) is 14.2. The van der Waals surface area contributed by atoms with Crippen molar-refractivity contribution in [2.45, 2.75) is 13.8 Å². The third-order valence-electron chi connectivity index (χ3n) is 2.87. The molecule has 0 aliphatic rings. The molecule has 0 atom stereocenters. The molecular weight excluding hydrogens is 253 g/mol. The molecule has 0 unspecified atom stereocenters. The van der Waals surface area contributed by atoms with Crippen LogP contribution in [-0.2, 0) is 0 Å². The summed E-state index contributed by atoms with van der Waals surface area (Å²) in [4.78, 5) is 12.2. The zero-order valence-electron chi connectivity index (χ0n) is 10.4. The summed E-state index contributed by atoms with van der Waals surface area (Å²) in [5.74, 6) is -4.21. The van der Waals surface area contributed by atoms with E-state index in [1.807, 2.05) is 0 Å². The molecule has 0 aromatic heterocycles. The van der Waals surface area contributed by atoms with Gasteiger partial charge < -0.3 is 0 Å². The zero-order valence-corrected chi connectivity index (χ0v) is 10.4. The highest BCUT2D eigenvalue weighted by molar-refractivity contribution is 6.10. The highest BCUT2D eigenvalue weighted by Crippen LogP contribution is 2.21. The first-order valence-corrected chi connectivity index (χ1v) is 5.66. The molecule has 0 heterocycles. The van der Waals surface area contributed by atoms with Crippen LogP contribution < -0.4 is 0 Å². The van der Waals surface area contributed by atoms with Crippen molar-refractivity contribution in [1.82, 2.24) is 0 Å². The van der Waals surface area contributed by atoms with E-state index in [2.05, 4.69) is 0 Å². The fourth-order valence-electron chi connectivity index (χ4n) is 1.87. The molecule has 0 bridgehead atoms. The van der Waals surface area contributed by atoms with Gasteiger partial charge in [0.1, 0.15) is 17.5 Å². The number of carbonyl (C=O) groups is 1. The Bertz CT molecular complexity index is 639. The van der Waals surface area contributed by atoms with E-state index in [1.165, 1.54) is 0 Å². The van der Waals surface area contributed by atoms with Gasteiger partial charge in [0.2, 0.25) is 0 Å². The molecule has 4 heteroatoms. The van der Waals surface area contributed by atoms with Crippen LogP contribution in [0.3, 0.4) is 0 Å². The Morgan fingerprint density at radius 1 is 0.947 bits per heavy atom. The maximum Gasteiger partial charge on any atom is 0.199 e. The molecule has 0 aliphatic carbocycles. The summed E-state index contributed by atoms with van der Waals surface area (Å²) in [6, 6.07) is 6.05. The van der Waals surface area contributed by atoms with Gasteiger partial charge in [0.05, 0.1) is 5.56 Å². The van der Waals surface area contributed by atoms with E-state index >= 15 is 0 Å². The van der Waals surface area contributed by atoms with Crippen molar-refractivity contribution in [2.75, 3.05) is 0 Å². The summed E-state index contributed by atoms with van der Waals surface area (Å²) >= 11 is 0. The van der Waals surface area contributed by atoms with Crippen LogP contribution in [0, 0.1) is 31.3 Å². The normalized spacial score (nSPS) is 10.6. The van der Waals surface area contributed by atoms with E-state index in [0.29, 0.717) is 17.7 Å². The lowest BCUT2D eigenvalue weighted by molar-refractivity contribution is 0.103. The van der Waals surface area contributed by atoms with Crippen molar-refractivity contribution in [3.8, 4) is 0 Å². The third-order valence-corrected chi connectivity index (χ3v) is 2.87. The van der Waals surface area contributed by atoms with Crippen molar-refractivity contribution in [1.29, 1.82) is 0 Å². The number of benzene rings is 2. The van der Waals surface area contributed by atoms with E-state index < -0.39 is 28.8 Å². The van der Waals surface area contributed by atoms with Gasteiger partial charge in [-0.1, -0.05) is 17.7 Å². The van der Waals surface area contributed by atoms with Crippen LogP contribution in [0.4, 0.5) is 13.2 Å². The number of aryl methyl sites for hydroxylation is 2. The largest absolute Gasteiger partial charge is 0.288 e. The summed E-state index contributed by atoms with van der Waals surface area (Å²) in [5.41, 5.74) is 0.898. The molecule has 0 amide bonds. The van der Waals surface area contributed by atoms with Crippen LogP contribution in [0.5, 0.6) is 0 Å². The molecule has 1 nitrogen and oxygen atoms in total. The van der Waals surface area contributed by atoms with Gasteiger partial charge >= 0.3 is 0 Å². The smallest absolute Gasteiger partial charge is 0.199 e. The second kappa shape index (κ2) is 4.88. The SMILES string of the molecule is Cc1ccc(C)c(C(=O)c2c(F)cc(F)cc2F)c1. The summed E-state index contributed by atoms with van der Waals surface area (Å²) < 4.78 is 40.0. The van der Waals surface area contributed by atoms with Gasteiger partial charge in [-0.3, -0.25) is 4.79 Å². The van der Waals surface area contributed by atoms with Gasteiger partial charge in [-0.05, 0) is 25.5 Å². The van der Waals surface area contributed by atoms with Gasteiger partial charge in [0, 0.05) is 17.7 Å². The Morgan fingerprint density at radius 2 is 1.53 bits per heavy atom. The summed E-state index contributed by atoms with van der Waals surface area (Å²) in [6.45, 7) is 3.44. The van der Waals surface area contributed by atoms with Crippen LogP contribution in [-0.4, -0.2) is 5.78 Å². The standard InChI is InChI=1S/C15H11F3O/c1-8-3-4-9(2)11(5-8)15(19)14-12(17)6-10(16)7-13(14)18/h3-7H,1-2H3. The van der Waals surface area contributed by atoms with E-state index in [0.717, 1.165) is 5.56 Å². The Kier molecular flexibility index (Phi) is 3.42. The number of hydrogen-bond donors (Lipinski definition) is 0. The van der Waals surface area contributed by atoms with Gasteiger partial charge in [0.15, 0.2) is 5.78 Å². The maximum absolute atomic E-state index is 13.6. The second-order valence-electron chi connectivity index (χ2n) is 4.39. The number of ketones is 1. The number of rotatable bonds is 2. The lowest BCUT2D eigenvalue weighted by Gasteiger charge is -2.08. The first kappa shape index (κ1) is 13.3. The molecule has 19 heavy (non-hydrogen) atoms. The molecule has 0 aliphatic heterocycles. The minimum absolute atomic E-state index is 0.212. The molecule has 0 spiro atoms. The molecule has 0 fully saturated rings. The lowest BCUT2D eigenvalue weighted by atomic mass is 9.96. The Morgan fingerprint density at radius 3 is 2.11 bits per heavy atom. The van der Waals surface area contributed by atoms with Crippen molar-refractivity contribution in [3.63, 3.8) is 0 Å². The Balaban J connectivity index is 2.59. The monoisotopic (exact) mass is 264 g/mol. The fourth-order valence-corrected chi connectivity index (χ4v) is 1.87. The van der Waals surface area contributed by atoms with Crippen molar-refractivity contribution in [2.24, 2.45) is 0 Å². The summed E-state index contributed by atoms with van der Waals surface area (Å²) in [7, 11) is 0. The van der Waals surface area contributed by atoms with Crippen LogP contribution in [0.2, 0.25) is 0 Å². The average Bonchev–Trinajstić information content (AvgIpc) is 2.30. The van der Waals surface area contributed by atoms with Gasteiger partial charge in [-0.25, -0.2) is 13.2 Å². The predicted octanol–water partition coefficient (Wildman–Crippen LogP) is 3.95. The highest BCUT2D eigenvalue weighted by Gasteiger charge is 2.21. The van der Waals surface area contributed by atoms with Crippen molar-refractivity contribution >= 4 is 5.78 Å². The molecular formula is C15H11F3O. The van der Waals surface area contributed by atoms with Gasteiger partial charge in [0.25, 0.3) is 0 Å². The Labute approximate surface area is 108 Å². The molecule has 0 N–H and O–H groups in total. The molecule has 98 valence electrons. The topological polar surface area (TPSA) is 17.1 Å². The molecule has 0 saturated heterocycles. The average molecular weight is 264 g/mol. The second-order valence-corrected chi connectivity index (χ2v) is 4.39. The number of hydrogen-bond acceptors (Lipinski definition) is 1. The van der Waals surface area contributed by atoms with E-state index in [-0.39, 0.29) is 5.56 Å². The minimum atomic E-state index is -1.19. The molecule has 2 aromatic rings. The van der Waals surface area contributed by atoms with E-state index in [4.69, 9.17) is 0 Å². The van der Waals surface area contributed by atoms with Gasteiger partial charge in [-0.2, -0.15) is 0 Å². The molecule has 0 radical (unpaired) electrons. The molecule has 2 aromatic carbocycles. The van der Waals surface area contributed by atoms with Crippen LogP contribution in [0.25, 0.3) is 0 Å².